The van der Waals surface area contributed by atoms with Gasteiger partial charge in [0.25, 0.3) is 0 Å². The third-order valence-electron chi connectivity index (χ3n) is 2.73. The van der Waals surface area contributed by atoms with Gasteiger partial charge in [0, 0.05) is 13.1 Å². The second-order valence-electron chi connectivity index (χ2n) is 3.86. The molecule has 1 fully saturated rings. The number of aromatic nitrogens is 2. The molecule has 0 spiro atoms. The largest absolute Gasteiger partial charge is 0.354 e. The summed E-state index contributed by atoms with van der Waals surface area (Å²) in [5.74, 6) is 0.880. The van der Waals surface area contributed by atoms with Crippen molar-refractivity contribution >= 4 is 5.82 Å². The van der Waals surface area contributed by atoms with E-state index in [-0.39, 0.29) is 5.82 Å². The van der Waals surface area contributed by atoms with Gasteiger partial charge in [0.1, 0.15) is 6.33 Å². The Kier molecular flexibility index (Phi) is 2.61. The lowest BCUT2D eigenvalue weighted by molar-refractivity contribution is 0.431. The minimum atomic E-state index is -0.318. The van der Waals surface area contributed by atoms with Gasteiger partial charge in [-0.2, -0.15) is 0 Å². The maximum absolute atomic E-state index is 13.3. The summed E-state index contributed by atoms with van der Waals surface area (Å²) in [6.07, 6.45) is 4.85. The highest BCUT2D eigenvalue weighted by atomic mass is 19.1. The van der Waals surface area contributed by atoms with E-state index in [1.165, 1.54) is 12.5 Å². The first-order chi connectivity index (χ1) is 6.77. The molecule has 2 heterocycles. The van der Waals surface area contributed by atoms with Crippen molar-refractivity contribution in [2.24, 2.45) is 5.92 Å². The summed E-state index contributed by atoms with van der Waals surface area (Å²) < 4.78 is 13.3. The predicted octanol–water partition coefficient (Wildman–Crippen LogP) is 1.85. The third-order valence-corrected chi connectivity index (χ3v) is 2.73. The van der Waals surface area contributed by atoms with Crippen LogP contribution >= 0.6 is 0 Å². The Morgan fingerprint density at radius 3 is 2.79 bits per heavy atom. The zero-order valence-corrected chi connectivity index (χ0v) is 8.28. The molecule has 0 aromatic carbocycles. The smallest absolute Gasteiger partial charge is 0.183 e. The standard InChI is InChI=1S/C10H14FN3/c1-8-2-4-14(5-3-8)10-9(11)6-12-7-13-10/h6-8H,2-5H2,1H3. The van der Waals surface area contributed by atoms with Gasteiger partial charge in [-0.1, -0.05) is 6.92 Å². The minimum absolute atomic E-state index is 0.318. The Morgan fingerprint density at radius 1 is 1.43 bits per heavy atom. The maximum Gasteiger partial charge on any atom is 0.183 e. The van der Waals surface area contributed by atoms with Crippen LogP contribution in [-0.2, 0) is 0 Å². The molecule has 1 saturated heterocycles. The van der Waals surface area contributed by atoms with Gasteiger partial charge in [-0.15, -0.1) is 0 Å². The van der Waals surface area contributed by atoms with E-state index >= 15 is 0 Å². The number of hydrogen-bond acceptors (Lipinski definition) is 3. The second-order valence-corrected chi connectivity index (χ2v) is 3.86. The van der Waals surface area contributed by atoms with Gasteiger partial charge in [0.05, 0.1) is 6.20 Å². The topological polar surface area (TPSA) is 29.0 Å². The lowest BCUT2D eigenvalue weighted by atomic mass is 9.99. The Hall–Kier alpha value is -1.19. The van der Waals surface area contributed by atoms with E-state index < -0.39 is 0 Å². The first-order valence-electron chi connectivity index (χ1n) is 4.98. The Morgan fingerprint density at radius 2 is 2.14 bits per heavy atom. The number of nitrogens with zero attached hydrogens (tertiary/aromatic N) is 3. The first-order valence-corrected chi connectivity index (χ1v) is 4.98. The number of halogens is 1. The van der Waals surface area contributed by atoms with Crippen molar-refractivity contribution in [3.05, 3.63) is 18.3 Å². The lowest BCUT2D eigenvalue weighted by Crippen LogP contribution is -2.34. The molecule has 0 saturated carbocycles. The molecule has 76 valence electrons. The molecular weight excluding hydrogens is 181 g/mol. The van der Waals surface area contributed by atoms with Crippen molar-refractivity contribution in [3.8, 4) is 0 Å². The van der Waals surface area contributed by atoms with Gasteiger partial charge in [0.15, 0.2) is 11.6 Å². The maximum atomic E-state index is 13.3. The lowest BCUT2D eigenvalue weighted by Gasteiger charge is -2.31. The van der Waals surface area contributed by atoms with Crippen LogP contribution in [0.15, 0.2) is 12.5 Å². The zero-order chi connectivity index (χ0) is 9.97. The Balaban J connectivity index is 2.12. The quantitative estimate of drug-likeness (QED) is 0.684. The molecule has 0 N–H and O–H groups in total. The van der Waals surface area contributed by atoms with Crippen molar-refractivity contribution in [3.63, 3.8) is 0 Å². The molecule has 0 aliphatic carbocycles. The molecule has 0 radical (unpaired) electrons. The number of piperidine rings is 1. The molecule has 0 atom stereocenters. The van der Waals surface area contributed by atoms with Crippen molar-refractivity contribution in [2.75, 3.05) is 18.0 Å². The van der Waals surface area contributed by atoms with E-state index in [4.69, 9.17) is 0 Å². The van der Waals surface area contributed by atoms with Crippen LogP contribution in [0.4, 0.5) is 10.2 Å². The van der Waals surface area contributed by atoms with Crippen LogP contribution in [0.2, 0.25) is 0 Å². The molecule has 0 bridgehead atoms. The van der Waals surface area contributed by atoms with Gasteiger partial charge in [-0.05, 0) is 18.8 Å². The highest BCUT2D eigenvalue weighted by molar-refractivity contribution is 5.38. The molecule has 0 amide bonds. The normalized spacial score (nSPS) is 18.6. The van der Waals surface area contributed by atoms with Crippen molar-refractivity contribution in [2.45, 2.75) is 19.8 Å². The van der Waals surface area contributed by atoms with Gasteiger partial charge >= 0.3 is 0 Å². The van der Waals surface area contributed by atoms with Crippen LogP contribution in [-0.4, -0.2) is 23.1 Å². The fourth-order valence-electron chi connectivity index (χ4n) is 1.76. The summed E-state index contributed by atoms with van der Waals surface area (Å²) in [7, 11) is 0. The van der Waals surface area contributed by atoms with Crippen molar-refractivity contribution < 1.29 is 4.39 Å². The van der Waals surface area contributed by atoms with Crippen LogP contribution in [0.1, 0.15) is 19.8 Å². The zero-order valence-electron chi connectivity index (χ0n) is 8.28. The average molecular weight is 195 g/mol. The summed E-state index contributed by atoms with van der Waals surface area (Å²) in [6.45, 7) is 4.03. The van der Waals surface area contributed by atoms with Crippen molar-refractivity contribution in [1.29, 1.82) is 0 Å². The highest BCUT2D eigenvalue weighted by Crippen LogP contribution is 2.22. The minimum Gasteiger partial charge on any atom is -0.354 e. The van der Waals surface area contributed by atoms with Gasteiger partial charge in [-0.25, -0.2) is 14.4 Å². The summed E-state index contributed by atoms with van der Waals surface area (Å²) >= 11 is 0. The monoisotopic (exact) mass is 195 g/mol. The number of rotatable bonds is 1. The number of anilines is 1. The van der Waals surface area contributed by atoms with E-state index in [0.29, 0.717) is 5.82 Å². The molecule has 1 aliphatic rings. The number of hydrogen-bond donors (Lipinski definition) is 0. The first kappa shape index (κ1) is 9.37. The Labute approximate surface area is 83.0 Å². The van der Waals surface area contributed by atoms with E-state index in [1.54, 1.807) is 0 Å². The molecule has 1 aromatic heterocycles. The third kappa shape index (κ3) is 1.84. The van der Waals surface area contributed by atoms with Crippen LogP contribution in [0.25, 0.3) is 0 Å². The van der Waals surface area contributed by atoms with Crippen molar-refractivity contribution in [1.82, 2.24) is 9.97 Å². The SMILES string of the molecule is CC1CCN(c2ncncc2F)CC1. The molecule has 2 rings (SSSR count). The van der Waals surface area contributed by atoms with Crippen LogP contribution in [0.5, 0.6) is 0 Å². The molecule has 4 heteroatoms. The molecular formula is C10H14FN3. The van der Waals surface area contributed by atoms with Crippen LogP contribution in [0.3, 0.4) is 0 Å². The fraction of sp³-hybridized carbons (Fsp3) is 0.600. The van der Waals surface area contributed by atoms with Crippen LogP contribution in [0, 0.1) is 11.7 Å². The molecule has 0 unspecified atom stereocenters. The molecule has 3 nitrogen and oxygen atoms in total. The van der Waals surface area contributed by atoms with Gasteiger partial charge in [0.2, 0.25) is 0 Å². The molecule has 14 heavy (non-hydrogen) atoms. The second kappa shape index (κ2) is 3.90. The van der Waals surface area contributed by atoms with E-state index in [0.717, 1.165) is 31.8 Å². The van der Waals surface area contributed by atoms with Crippen LogP contribution < -0.4 is 4.90 Å². The Bertz CT molecular complexity index is 308. The summed E-state index contributed by atoms with van der Waals surface area (Å²) in [5.41, 5.74) is 0. The molecule has 1 aromatic rings. The van der Waals surface area contributed by atoms with Gasteiger partial charge < -0.3 is 4.90 Å². The van der Waals surface area contributed by atoms with E-state index in [1.807, 2.05) is 4.90 Å². The highest BCUT2D eigenvalue weighted by Gasteiger charge is 2.19. The average Bonchev–Trinajstić information content (AvgIpc) is 2.20. The fourth-order valence-corrected chi connectivity index (χ4v) is 1.76. The predicted molar refractivity (Wildman–Crippen MR) is 52.6 cm³/mol. The summed E-state index contributed by atoms with van der Waals surface area (Å²) in [6, 6.07) is 0. The summed E-state index contributed by atoms with van der Waals surface area (Å²) in [4.78, 5) is 9.61. The summed E-state index contributed by atoms with van der Waals surface area (Å²) in [5, 5.41) is 0. The van der Waals surface area contributed by atoms with E-state index in [9.17, 15) is 4.39 Å². The molecule has 1 aliphatic heterocycles. The van der Waals surface area contributed by atoms with Gasteiger partial charge in [-0.3, -0.25) is 0 Å². The van der Waals surface area contributed by atoms with E-state index in [2.05, 4.69) is 16.9 Å².